The molecule has 0 saturated heterocycles. The van der Waals surface area contributed by atoms with Gasteiger partial charge in [0.25, 0.3) is 0 Å². The number of halogens is 1. The number of hydrogen-bond donors (Lipinski definition) is 0. The van der Waals surface area contributed by atoms with Crippen molar-refractivity contribution in [3.05, 3.63) is 46.2 Å². The van der Waals surface area contributed by atoms with E-state index in [4.69, 9.17) is 9.47 Å². The van der Waals surface area contributed by atoms with Crippen LogP contribution in [0.1, 0.15) is 23.0 Å². The second kappa shape index (κ2) is 6.47. The van der Waals surface area contributed by atoms with Crippen LogP contribution >= 0.6 is 15.9 Å². The molecule has 5 nitrogen and oxygen atoms in total. The van der Waals surface area contributed by atoms with E-state index in [1.807, 2.05) is 18.2 Å². The fraction of sp³-hybridized carbons (Fsp3) is 0.214. The van der Waals surface area contributed by atoms with Crippen molar-refractivity contribution in [2.75, 3.05) is 6.61 Å². The molecule has 2 rings (SSSR count). The van der Waals surface area contributed by atoms with Crippen LogP contribution in [-0.4, -0.2) is 22.5 Å². The van der Waals surface area contributed by atoms with Crippen molar-refractivity contribution in [3.63, 3.8) is 0 Å². The number of esters is 1. The van der Waals surface area contributed by atoms with Gasteiger partial charge in [-0.3, -0.25) is 0 Å². The third kappa shape index (κ3) is 3.33. The Hall–Kier alpha value is -1.95. The van der Waals surface area contributed by atoms with Crippen LogP contribution in [0.5, 0.6) is 11.8 Å². The average Bonchev–Trinajstić information content (AvgIpc) is 2.42. The highest BCUT2D eigenvalue weighted by Crippen LogP contribution is 2.27. The molecule has 0 aliphatic heterocycles. The molecule has 20 heavy (non-hydrogen) atoms. The summed E-state index contributed by atoms with van der Waals surface area (Å²) in [5.41, 5.74) is 0.854. The van der Waals surface area contributed by atoms with Gasteiger partial charge in [0.15, 0.2) is 0 Å². The average molecular weight is 337 g/mol. The van der Waals surface area contributed by atoms with Crippen LogP contribution in [0.2, 0.25) is 0 Å². The number of carbonyl (C=O) groups is 1. The molecule has 1 heterocycles. The van der Waals surface area contributed by atoms with Gasteiger partial charge in [-0.1, -0.05) is 12.1 Å². The highest BCUT2D eigenvalue weighted by molar-refractivity contribution is 9.10. The lowest BCUT2D eigenvalue weighted by atomic mass is 10.2. The smallest absolute Gasteiger partial charge is 0.341 e. The summed E-state index contributed by atoms with van der Waals surface area (Å²) < 4.78 is 11.3. The Morgan fingerprint density at radius 1 is 1.35 bits per heavy atom. The molecule has 1 aromatic carbocycles. The zero-order chi connectivity index (χ0) is 14.5. The van der Waals surface area contributed by atoms with Crippen LogP contribution in [0.25, 0.3) is 0 Å². The number of carbonyl (C=O) groups excluding carboxylic acids is 1. The minimum atomic E-state index is -0.433. The molecule has 0 aliphatic carbocycles. The molecule has 0 unspecified atom stereocenters. The van der Waals surface area contributed by atoms with E-state index >= 15 is 0 Å². The first-order chi connectivity index (χ1) is 9.61. The van der Waals surface area contributed by atoms with Crippen LogP contribution < -0.4 is 4.74 Å². The van der Waals surface area contributed by atoms with Gasteiger partial charge in [0.2, 0.25) is 0 Å². The van der Waals surface area contributed by atoms with Crippen molar-refractivity contribution in [2.45, 2.75) is 13.8 Å². The molecule has 0 atom stereocenters. The normalized spacial score (nSPS) is 10.2. The molecule has 0 spiro atoms. The minimum absolute atomic E-state index is 0.183. The Morgan fingerprint density at radius 2 is 2.10 bits per heavy atom. The minimum Gasteiger partial charge on any atom is -0.462 e. The molecule has 0 amide bonds. The largest absolute Gasteiger partial charge is 0.462 e. The molecule has 0 saturated carbocycles. The van der Waals surface area contributed by atoms with E-state index in [9.17, 15) is 4.79 Å². The Morgan fingerprint density at radius 3 is 2.75 bits per heavy atom. The molecule has 6 heteroatoms. The number of nitrogens with zero attached hydrogens (tertiary/aromatic N) is 2. The van der Waals surface area contributed by atoms with Crippen LogP contribution in [0, 0.1) is 6.92 Å². The second-order valence-corrected chi connectivity index (χ2v) is 4.76. The maximum atomic E-state index is 11.6. The highest BCUT2D eigenvalue weighted by atomic mass is 79.9. The first kappa shape index (κ1) is 14.5. The SMILES string of the molecule is CCOC(=O)c1cnc(Oc2ccccc2Br)nc1C. The maximum Gasteiger partial charge on any atom is 0.341 e. The summed E-state index contributed by atoms with van der Waals surface area (Å²) in [7, 11) is 0. The number of ether oxygens (including phenoxy) is 2. The molecular weight excluding hydrogens is 324 g/mol. The van der Waals surface area contributed by atoms with Crippen molar-refractivity contribution >= 4 is 21.9 Å². The predicted molar refractivity (Wildman–Crippen MR) is 76.9 cm³/mol. The topological polar surface area (TPSA) is 61.3 Å². The summed E-state index contributed by atoms with van der Waals surface area (Å²) in [5.74, 6) is 0.174. The van der Waals surface area contributed by atoms with E-state index < -0.39 is 5.97 Å². The van der Waals surface area contributed by atoms with Crippen LogP contribution in [0.3, 0.4) is 0 Å². The van der Waals surface area contributed by atoms with Gasteiger partial charge in [0.05, 0.1) is 22.3 Å². The summed E-state index contributed by atoms with van der Waals surface area (Å²) >= 11 is 3.38. The Labute approximate surface area is 125 Å². The zero-order valence-corrected chi connectivity index (χ0v) is 12.7. The van der Waals surface area contributed by atoms with Crippen molar-refractivity contribution in [3.8, 4) is 11.8 Å². The fourth-order valence-corrected chi connectivity index (χ4v) is 1.90. The van der Waals surface area contributed by atoms with Gasteiger partial charge in [-0.25, -0.2) is 9.78 Å². The predicted octanol–water partition coefficient (Wildman–Crippen LogP) is 3.52. The van der Waals surface area contributed by atoms with Crippen molar-refractivity contribution < 1.29 is 14.3 Å². The third-order valence-electron chi connectivity index (χ3n) is 2.49. The monoisotopic (exact) mass is 336 g/mol. The van der Waals surface area contributed by atoms with E-state index in [0.717, 1.165) is 4.47 Å². The number of aromatic nitrogens is 2. The van der Waals surface area contributed by atoms with Gasteiger partial charge in [0, 0.05) is 6.20 Å². The Kier molecular flexibility index (Phi) is 4.68. The quantitative estimate of drug-likeness (QED) is 0.799. The lowest BCUT2D eigenvalue weighted by molar-refractivity contribution is 0.0524. The summed E-state index contributed by atoms with van der Waals surface area (Å²) in [4.78, 5) is 19.8. The van der Waals surface area contributed by atoms with E-state index in [0.29, 0.717) is 23.6 Å². The summed E-state index contributed by atoms with van der Waals surface area (Å²) in [5, 5.41) is 0. The second-order valence-electron chi connectivity index (χ2n) is 3.90. The zero-order valence-electron chi connectivity index (χ0n) is 11.1. The van der Waals surface area contributed by atoms with Gasteiger partial charge >= 0.3 is 12.0 Å². The van der Waals surface area contributed by atoms with Gasteiger partial charge in [0.1, 0.15) is 5.75 Å². The maximum absolute atomic E-state index is 11.6. The van der Waals surface area contributed by atoms with Crippen molar-refractivity contribution in [1.82, 2.24) is 9.97 Å². The molecule has 0 aliphatic rings. The summed E-state index contributed by atoms with van der Waals surface area (Å²) in [6.45, 7) is 3.77. The van der Waals surface area contributed by atoms with Crippen LogP contribution in [-0.2, 0) is 4.74 Å². The molecular formula is C14H13BrN2O3. The summed E-state index contributed by atoms with van der Waals surface area (Å²) in [6.07, 6.45) is 1.41. The highest BCUT2D eigenvalue weighted by Gasteiger charge is 2.13. The molecule has 104 valence electrons. The number of hydrogen-bond acceptors (Lipinski definition) is 5. The van der Waals surface area contributed by atoms with Gasteiger partial charge in [-0.05, 0) is 41.9 Å². The number of benzene rings is 1. The first-order valence-electron chi connectivity index (χ1n) is 6.05. The number of aryl methyl sites for hydroxylation is 1. The fourth-order valence-electron chi connectivity index (χ4n) is 1.53. The Bertz CT molecular complexity index is 632. The van der Waals surface area contributed by atoms with Crippen molar-refractivity contribution in [2.24, 2.45) is 0 Å². The standard InChI is InChI=1S/C14H13BrN2O3/c1-3-19-13(18)10-8-16-14(17-9(10)2)20-12-7-5-4-6-11(12)15/h4-8H,3H2,1-2H3. The first-order valence-corrected chi connectivity index (χ1v) is 6.84. The van der Waals surface area contributed by atoms with Crippen LogP contribution in [0.4, 0.5) is 0 Å². The lowest BCUT2D eigenvalue weighted by Crippen LogP contribution is -2.09. The Balaban J connectivity index is 2.21. The number of rotatable bonds is 4. The van der Waals surface area contributed by atoms with Gasteiger partial charge in [-0.2, -0.15) is 4.98 Å². The molecule has 1 aromatic heterocycles. The molecule has 2 aromatic rings. The molecule has 0 bridgehead atoms. The third-order valence-corrected chi connectivity index (χ3v) is 3.15. The van der Waals surface area contributed by atoms with Crippen LogP contribution in [0.15, 0.2) is 34.9 Å². The number of para-hydroxylation sites is 1. The summed E-state index contributed by atoms with van der Waals surface area (Å²) in [6, 6.07) is 7.56. The van der Waals surface area contributed by atoms with Gasteiger partial charge < -0.3 is 9.47 Å². The van der Waals surface area contributed by atoms with E-state index in [2.05, 4.69) is 25.9 Å². The van der Waals surface area contributed by atoms with Gasteiger partial charge in [-0.15, -0.1) is 0 Å². The van der Waals surface area contributed by atoms with E-state index in [-0.39, 0.29) is 6.01 Å². The van der Waals surface area contributed by atoms with E-state index in [1.165, 1.54) is 6.20 Å². The molecule has 0 N–H and O–H groups in total. The van der Waals surface area contributed by atoms with E-state index in [1.54, 1.807) is 19.9 Å². The lowest BCUT2D eigenvalue weighted by Gasteiger charge is -2.08. The molecule has 0 radical (unpaired) electrons. The van der Waals surface area contributed by atoms with Crippen molar-refractivity contribution in [1.29, 1.82) is 0 Å². The molecule has 0 fully saturated rings.